The fraction of sp³-hybridized carbons (Fsp3) is 0. The number of aromatic hydroxyl groups is 8. The summed E-state index contributed by atoms with van der Waals surface area (Å²) in [6.07, 6.45) is 0. The van der Waals surface area contributed by atoms with E-state index in [0.717, 1.165) is 43.1 Å². The number of phenolic OH excluding ortho intramolecular Hbond substituents is 8. The van der Waals surface area contributed by atoms with E-state index in [-0.39, 0.29) is 32.7 Å². The quantitative estimate of drug-likeness (QED) is 0.0370. The fourth-order valence-electron chi connectivity index (χ4n) is 8.97. The molecule has 0 unspecified atom stereocenters. The molecule has 0 fully saturated rings. The molecule has 1 heterocycles. The standard InChI is InChI=1S/C48H28O9/c49-41-37-34(24-16-17-31-30(20-24)35-26-10-4-2-8-22(26)15-18-32(35)57-31)38-40(44(52)48(56)46(54)42(38)50)36(39(37)43(51)47(55)45(41)53)29-19-23-14-13-21-7-1-3-9-25(21)33(23)28-12-6-5-11-27(28)29/h1-20,49-56H. The average molecular weight is 749 g/mol. The van der Waals surface area contributed by atoms with Crippen LogP contribution in [0.15, 0.2) is 126 Å². The minimum atomic E-state index is -1.03. The van der Waals surface area contributed by atoms with Crippen LogP contribution in [-0.4, -0.2) is 40.9 Å². The topological polar surface area (TPSA) is 175 Å². The Morgan fingerprint density at radius 2 is 0.754 bits per heavy atom. The van der Waals surface area contributed by atoms with Crippen LogP contribution in [0.25, 0.3) is 109 Å². The number of benzene rings is 10. The van der Waals surface area contributed by atoms with Crippen molar-refractivity contribution >= 4 is 86.6 Å². The molecule has 11 aromatic rings. The molecule has 9 heteroatoms. The van der Waals surface area contributed by atoms with E-state index in [9.17, 15) is 40.9 Å². The Balaban J connectivity index is 1.39. The molecule has 9 nitrogen and oxygen atoms in total. The van der Waals surface area contributed by atoms with Crippen LogP contribution < -0.4 is 0 Å². The Kier molecular flexibility index (Phi) is 6.39. The van der Waals surface area contributed by atoms with Crippen molar-refractivity contribution in [3.8, 4) is 68.2 Å². The van der Waals surface area contributed by atoms with Gasteiger partial charge in [-0.2, -0.15) is 0 Å². The first-order chi connectivity index (χ1) is 27.6. The zero-order chi connectivity index (χ0) is 39.0. The van der Waals surface area contributed by atoms with Gasteiger partial charge in [0.1, 0.15) is 11.2 Å². The molecule has 8 N–H and O–H groups in total. The highest BCUT2D eigenvalue weighted by atomic mass is 16.4. The monoisotopic (exact) mass is 748 g/mol. The molecule has 57 heavy (non-hydrogen) atoms. The van der Waals surface area contributed by atoms with Crippen molar-refractivity contribution in [3.63, 3.8) is 0 Å². The molecule has 0 saturated carbocycles. The Bertz CT molecular complexity index is 3540. The van der Waals surface area contributed by atoms with Crippen molar-refractivity contribution in [2.75, 3.05) is 0 Å². The summed E-state index contributed by atoms with van der Waals surface area (Å²) in [5.41, 5.74) is 1.74. The van der Waals surface area contributed by atoms with Crippen LogP contribution in [0.3, 0.4) is 0 Å². The first kappa shape index (κ1) is 32.4. The van der Waals surface area contributed by atoms with Gasteiger partial charge in [0.25, 0.3) is 0 Å². The van der Waals surface area contributed by atoms with E-state index in [1.807, 2.05) is 103 Å². The minimum Gasteiger partial charge on any atom is -0.504 e. The summed E-state index contributed by atoms with van der Waals surface area (Å²) in [6, 6.07) is 37.8. The van der Waals surface area contributed by atoms with Gasteiger partial charge in [-0.3, -0.25) is 0 Å². The Morgan fingerprint density at radius 1 is 0.298 bits per heavy atom. The molecule has 274 valence electrons. The second-order valence-corrected chi connectivity index (χ2v) is 14.4. The Hall–Kier alpha value is -8.04. The summed E-state index contributed by atoms with van der Waals surface area (Å²) in [6.45, 7) is 0. The summed E-state index contributed by atoms with van der Waals surface area (Å²) in [5, 5.41) is 99.9. The van der Waals surface area contributed by atoms with E-state index in [4.69, 9.17) is 4.42 Å². The first-order valence-corrected chi connectivity index (χ1v) is 18.1. The van der Waals surface area contributed by atoms with E-state index in [1.165, 1.54) is 0 Å². The van der Waals surface area contributed by atoms with Crippen LogP contribution in [0, 0.1) is 0 Å². The van der Waals surface area contributed by atoms with Gasteiger partial charge in [-0.05, 0) is 78.5 Å². The molecule has 0 radical (unpaired) electrons. The number of rotatable bonds is 2. The van der Waals surface area contributed by atoms with Gasteiger partial charge in [-0.25, -0.2) is 0 Å². The minimum absolute atomic E-state index is 0.0120. The highest BCUT2D eigenvalue weighted by Gasteiger charge is 2.33. The largest absolute Gasteiger partial charge is 0.504 e. The zero-order valence-corrected chi connectivity index (χ0v) is 29.5. The molecule has 11 rings (SSSR count). The lowest BCUT2D eigenvalue weighted by Crippen LogP contribution is -1.95. The second-order valence-electron chi connectivity index (χ2n) is 14.4. The number of hydrogen-bond acceptors (Lipinski definition) is 9. The molecule has 0 amide bonds. The van der Waals surface area contributed by atoms with Crippen molar-refractivity contribution in [1.29, 1.82) is 0 Å². The lowest BCUT2D eigenvalue weighted by atomic mass is 9.81. The molecule has 0 spiro atoms. The van der Waals surface area contributed by atoms with Crippen LogP contribution in [0.4, 0.5) is 0 Å². The van der Waals surface area contributed by atoms with Gasteiger partial charge in [0.15, 0.2) is 23.0 Å². The van der Waals surface area contributed by atoms with Crippen LogP contribution in [0.1, 0.15) is 0 Å². The van der Waals surface area contributed by atoms with Crippen molar-refractivity contribution in [1.82, 2.24) is 0 Å². The predicted molar refractivity (Wildman–Crippen MR) is 223 cm³/mol. The van der Waals surface area contributed by atoms with Gasteiger partial charge in [-0.1, -0.05) is 97.1 Å². The van der Waals surface area contributed by atoms with Crippen LogP contribution in [-0.2, 0) is 0 Å². The van der Waals surface area contributed by atoms with Crippen LogP contribution in [0.5, 0.6) is 46.0 Å². The first-order valence-electron chi connectivity index (χ1n) is 18.1. The average Bonchev–Trinajstić information content (AvgIpc) is 3.63. The van der Waals surface area contributed by atoms with E-state index < -0.39 is 46.0 Å². The molecule has 0 aliphatic rings. The Labute approximate surface area is 320 Å². The summed E-state index contributed by atoms with van der Waals surface area (Å²) in [4.78, 5) is 0. The van der Waals surface area contributed by atoms with E-state index in [0.29, 0.717) is 33.1 Å². The van der Waals surface area contributed by atoms with Gasteiger partial charge in [0.2, 0.25) is 23.0 Å². The second kappa shape index (κ2) is 11.2. The summed E-state index contributed by atoms with van der Waals surface area (Å²) in [7, 11) is 0. The smallest absolute Gasteiger partial charge is 0.204 e. The molecule has 0 atom stereocenters. The number of furan rings is 1. The predicted octanol–water partition coefficient (Wildman–Crippen LogP) is 11.5. The third kappa shape index (κ3) is 4.16. The molecular weight excluding hydrogens is 721 g/mol. The lowest BCUT2D eigenvalue weighted by molar-refractivity contribution is 0.350. The van der Waals surface area contributed by atoms with Crippen LogP contribution in [0.2, 0.25) is 0 Å². The van der Waals surface area contributed by atoms with Gasteiger partial charge in [0, 0.05) is 43.4 Å². The molecule has 1 aromatic heterocycles. The molecular formula is C48H28O9. The Morgan fingerprint density at radius 3 is 1.35 bits per heavy atom. The highest BCUT2D eigenvalue weighted by Crippen LogP contribution is 2.62. The maximum atomic E-state index is 12.0. The van der Waals surface area contributed by atoms with Crippen molar-refractivity contribution in [3.05, 3.63) is 121 Å². The van der Waals surface area contributed by atoms with Crippen molar-refractivity contribution < 1.29 is 45.3 Å². The summed E-state index contributed by atoms with van der Waals surface area (Å²) >= 11 is 0. The molecule has 0 aliphatic carbocycles. The third-order valence-corrected chi connectivity index (χ3v) is 11.5. The number of fused-ring (bicyclic) bond motifs is 12. The molecule has 0 bridgehead atoms. The van der Waals surface area contributed by atoms with E-state index in [2.05, 4.69) is 0 Å². The normalized spacial score (nSPS) is 12.1. The molecule has 0 saturated heterocycles. The van der Waals surface area contributed by atoms with Crippen LogP contribution >= 0.6 is 0 Å². The van der Waals surface area contributed by atoms with Crippen molar-refractivity contribution in [2.45, 2.75) is 0 Å². The SMILES string of the molecule is Oc1c(O)c(O)c2c(-c3cc4ccc5ccccc5c4c4ccccc34)c3c(O)c(O)c(O)c(O)c3c(-c3ccc4oc5ccc6ccccc6c5c4c3)c2c1O. The lowest BCUT2D eigenvalue weighted by Gasteiger charge is -2.23. The third-order valence-electron chi connectivity index (χ3n) is 11.5. The van der Waals surface area contributed by atoms with Gasteiger partial charge < -0.3 is 45.3 Å². The van der Waals surface area contributed by atoms with Gasteiger partial charge >= 0.3 is 0 Å². The summed E-state index contributed by atoms with van der Waals surface area (Å²) in [5.74, 6) is -7.49. The maximum absolute atomic E-state index is 12.0. The fourth-order valence-corrected chi connectivity index (χ4v) is 8.97. The van der Waals surface area contributed by atoms with Crippen molar-refractivity contribution in [2.24, 2.45) is 0 Å². The number of hydrogen-bond donors (Lipinski definition) is 8. The molecule has 0 aliphatic heterocycles. The number of phenols is 8. The molecule has 10 aromatic carbocycles. The van der Waals surface area contributed by atoms with Gasteiger partial charge in [-0.15, -0.1) is 0 Å². The highest BCUT2D eigenvalue weighted by molar-refractivity contribution is 6.33. The zero-order valence-electron chi connectivity index (χ0n) is 29.5. The van der Waals surface area contributed by atoms with E-state index in [1.54, 1.807) is 18.2 Å². The van der Waals surface area contributed by atoms with Gasteiger partial charge in [0.05, 0.1) is 0 Å². The summed E-state index contributed by atoms with van der Waals surface area (Å²) < 4.78 is 6.24. The van der Waals surface area contributed by atoms with E-state index >= 15 is 0 Å². The maximum Gasteiger partial charge on any atom is 0.204 e.